The standard InChI is InChI=1S/C17H26N2O2/c1-4-13(2)16(12-19-10-15(20)11-19)18(3)17(21)14-8-6-5-7-9-14/h5-9,13,15-16,20H,4,10-12H2,1-3H3/t13-,16+/m0/s1. The molecule has 116 valence electrons. The number of rotatable bonds is 6. The number of likely N-dealkylation sites (tertiary alicyclic amines) is 1. The highest BCUT2D eigenvalue weighted by atomic mass is 16.3. The summed E-state index contributed by atoms with van der Waals surface area (Å²) >= 11 is 0. The first-order chi connectivity index (χ1) is 10.0. The third kappa shape index (κ3) is 3.83. The van der Waals surface area contributed by atoms with Crippen molar-refractivity contribution in [2.24, 2.45) is 5.92 Å². The van der Waals surface area contributed by atoms with Crippen LogP contribution >= 0.6 is 0 Å². The molecule has 0 spiro atoms. The van der Waals surface area contributed by atoms with Crippen molar-refractivity contribution in [3.63, 3.8) is 0 Å². The van der Waals surface area contributed by atoms with E-state index in [-0.39, 0.29) is 18.1 Å². The van der Waals surface area contributed by atoms with Gasteiger partial charge >= 0.3 is 0 Å². The molecule has 1 aromatic carbocycles. The zero-order chi connectivity index (χ0) is 15.4. The number of benzene rings is 1. The molecule has 1 N–H and O–H groups in total. The molecule has 1 aliphatic heterocycles. The van der Waals surface area contributed by atoms with Crippen LogP contribution in [0.2, 0.25) is 0 Å². The van der Waals surface area contributed by atoms with Crippen molar-refractivity contribution in [3.8, 4) is 0 Å². The summed E-state index contributed by atoms with van der Waals surface area (Å²) < 4.78 is 0. The molecule has 0 aromatic heterocycles. The summed E-state index contributed by atoms with van der Waals surface area (Å²) in [4.78, 5) is 16.7. The topological polar surface area (TPSA) is 43.8 Å². The molecule has 0 unspecified atom stereocenters. The molecule has 1 aliphatic rings. The van der Waals surface area contributed by atoms with E-state index in [9.17, 15) is 9.90 Å². The van der Waals surface area contributed by atoms with Crippen LogP contribution in [0.3, 0.4) is 0 Å². The van der Waals surface area contributed by atoms with Crippen molar-refractivity contribution in [2.75, 3.05) is 26.7 Å². The van der Waals surface area contributed by atoms with Crippen LogP contribution in [0, 0.1) is 5.92 Å². The summed E-state index contributed by atoms with van der Waals surface area (Å²) in [5.41, 5.74) is 0.733. The molecule has 1 fully saturated rings. The second kappa shape index (κ2) is 7.05. The third-order valence-corrected chi connectivity index (χ3v) is 4.52. The molecule has 1 heterocycles. The second-order valence-electron chi connectivity index (χ2n) is 6.11. The molecule has 0 bridgehead atoms. The predicted octanol–water partition coefficient (Wildman–Crippen LogP) is 1.85. The predicted molar refractivity (Wildman–Crippen MR) is 84.2 cm³/mol. The minimum atomic E-state index is -0.197. The Labute approximate surface area is 127 Å². The fraction of sp³-hybridized carbons (Fsp3) is 0.588. The van der Waals surface area contributed by atoms with Crippen molar-refractivity contribution >= 4 is 5.91 Å². The minimum Gasteiger partial charge on any atom is -0.390 e. The summed E-state index contributed by atoms with van der Waals surface area (Å²) in [6, 6.07) is 9.61. The van der Waals surface area contributed by atoms with Crippen molar-refractivity contribution in [1.82, 2.24) is 9.80 Å². The van der Waals surface area contributed by atoms with Crippen LogP contribution in [0.25, 0.3) is 0 Å². The second-order valence-corrected chi connectivity index (χ2v) is 6.11. The third-order valence-electron chi connectivity index (χ3n) is 4.52. The smallest absolute Gasteiger partial charge is 0.253 e. The van der Waals surface area contributed by atoms with Crippen LogP contribution in [-0.2, 0) is 0 Å². The fourth-order valence-corrected chi connectivity index (χ4v) is 2.85. The highest BCUT2D eigenvalue weighted by molar-refractivity contribution is 5.94. The minimum absolute atomic E-state index is 0.0713. The Morgan fingerprint density at radius 1 is 1.38 bits per heavy atom. The first-order valence-electron chi connectivity index (χ1n) is 7.75. The number of nitrogens with zero attached hydrogens (tertiary/aromatic N) is 2. The molecule has 2 rings (SSSR count). The number of β-amino-alcohol motifs (C(OH)–C–C–N with tert-alkyl or cyclic N) is 1. The number of aliphatic hydroxyl groups excluding tert-OH is 1. The Balaban J connectivity index is 2.06. The lowest BCUT2D eigenvalue weighted by atomic mass is 9.95. The van der Waals surface area contributed by atoms with E-state index in [0.717, 1.165) is 31.6 Å². The van der Waals surface area contributed by atoms with Gasteiger partial charge in [0.1, 0.15) is 0 Å². The summed E-state index contributed by atoms with van der Waals surface area (Å²) in [5, 5.41) is 9.43. The van der Waals surface area contributed by atoms with Gasteiger partial charge in [-0.15, -0.1) is 0 Å². The van der Waals surface area contributed by atoms with E-state index >= 15 is 0 Å². The van der Waals surface area contributed by atoms with Gasteiger partial charge in [0.15, 0.2) is 0 Å². The maximum absolute atomic E-state index is 12.6. The number of carbonyl (C=O) groups is 1. The summed E-state index contributed by atoms with van der Waals surface area (Å²) in [6.07, 6.45) is 0.839. The lowest BCUT2D eigenvalue weighted by Gasteiger charge is -2.42. The normalized spacial score (nSPS) is 18.9. The zero-order valence-electron chi connectivity index (χ0n) is 13.2. The zero-order valence-corrected chi connectivity index (χ0v) is 13.2. The Morgan fingerprint density at radius 3 is 2.52 bits per heavy atom. The van der Waals surface area contributed by atoms with Crippen LogP contribution in [0.15, 0.2) is 30.3 Å². The van der Waals surface area contributed by atoms with Crippen molar-refractivity contribution in [1.29, 1.82) is 0 Å². The Morgan fingerprint density at radius 2 is 2.00 bits per heavy atom. The van der Waals surface area contributed by atoms with Gasteiger partial charge in [0, 0.05) is 38.3 Å². The quantitative estimate of drug-likeness (QED) is 0.869. The molecule has 4 heteroatoms. The number of carbonyl (C=O) groups excluding carboxylic acids is 1. The van der Waals surface area contributed by atoms with Crippen LogP contribution in [0.1, 0.15) is 30.6 Å². The first kappa shape index (κ1) is 16.0. The molecule has 2 atom stereocenters. The van der Waals surface area contributed by atoms with Gasteiger partial charge in [-0.3, -0.25) is 9.69 Å². The SMILES string of the molecule is CC[C@H](C)[C@@H](CN1CC(O)C1)N(C)C(=O)c1ccccc1. The summed E-state index contributed by atoms with van der Waals surface area (Å²) in [5.74, 6) is 0.502. The molecule has 1 aromatic rings. The number of hydrogen-bond donors (Lipinski definition) is 1. The number of amides is 1. The number of aliphatic hydroxyl groups is 1. The van der Waals surface area contributed by atoms with Gasteiger partial charge in [-0.1, -0.05) is 38.5 Å². The average molecular weight is 290 g/mol. The molecular formula is C17H26N2O2. The van der Waals surface area contributed by atoms with E-state index in [1.807, 2.05) is 42.3 Å². The van der Waals surface area contributed by atoms with Gasteiger partial charge in [0.05, 0.1) is 6.10 Å². The van der Waals surface area contributed by atoms with Gasteiger partial charge in [0.25, 0.3) is 5.91 Å². The van der Waals surface area contributed by atoms with E-state index in [0.29, 0.717) is 5.92 Å². The molecule has 21 heavy (non-hydrogen) atoms. The number of likely N-dealkylation sites (N-methyl/N-ethyl adjacent to an activating group) is 1. The summed E-state index contributed by atoms with van der Waals surface area (Å²) in [6.45, 7) is 6.63. The lowest BCUT2D eigenvalue weighted by Crippen LogP contribution is -2.57. The average Bonchev–Trinajstić information content (AvgIpc) is 2.49. The van der Waals surface area contributed by atoms with Crippen molar-refractivity contribution in [2.45, 2.75) is 32.4 Å². The fourth-order valence-electron chi connectivity index (χ4n) is 2.85. The van der Waals surface area contributed by atoms with Gasteiger partial charge in [-0.25, -0.2) is 0 Å². The largest absolute Gasteiger partial charge is 0.390 e. The molecule has 0 aliphatic carbocycles. The van der Waals surface area contributed by atoms with E-state index in [4.69, 9.17) is 0 Å². The van der Waals surface area contributed by atoms with Crippen LogP contribution < -0.4 is 0 Å². The molecule has 0 saturated carbocycles. The maximum Gasteiger partial charge on any atom is 0.253 e. The van der Waals surface area contributed by atoms with Gasteiger partial charge in [0.2, 0.25) is 0 Å². The van der Waals surface area contributed by atoms with Gasteiger partial charge in [-0.05, 0) is 18.1 Å². The van der Waals surface area contributed by atoms with Crippen LogP contribution in [-0.4, -0.2) is 59.6 Å². The molecule has 0 radical (unpaired) electrons. The molecule has 4 nitrogen and oxygen atoms in total. The molecular weight excluding hydrogens is 264 g/mol. The highest BCUT2D eigenvalue weighted by Crippen LogP contribution is 2.20. The number of hydrogen-bond acceptors (Lipinski definition) is 3. The maximum atomic E-state index is 12.6. The Hall–Kier alpha value is -1.39. The van der Waals surface area contributed by atoms with Crippen LogP contribution in [0.4, 0.5) is 0 Å². The lowest BCUT2D eigenvalue weighted by molar-refractivity contribution is -0.0162. The van der Waals surface area contributed by atoms with E-state index in [2.05, 4.69) is 18.7 Å². The van der Waals surface area contributed by atoms with E-state index < -0.39 is 0 Å². The molecule has 1 amide bonds. The van der Waals surface area contributed by atoms with Crippen molar-refractivity contribution < 1.29 is 9.90 Å². The van der Waals surface area contributed by atoms with Crippen molar-refractivity contribution in [3.05, 3.63) is 35.9 Å². The van der Waals surface area contributed by atoms with E-state index in [1.165, 1.54) is 0 Å². The summed E-state index contributed by atoms with van der Waals surface area (Å²) in [7, 11) is 1.89. The van der Waals surface area contributed by atoms with Gasteiger partial charge < -0.3 is 10.0 Å². The van der Waals surface area contributed by atoms with Gasteiger partial charge in [-0.2, -0.15) is 0 Å². The Bertz CT molecular complexity index is 457. The Kier molecular flexibility index (Phi) is 5.37. The highest BCUT2D eigenvalue weighted by Gasteiger charge is 2.32. The van der Waals surface area contributed by atoms with Crippen LogP contribution in [0.5, 0.6) is 0 Å². The first-order valence-corrected chi connectivity index (χ1v) is 7.75. The van der Waals surface area contributed by atoms with E-state index in [1.54, 1.807) is 0 Å². The molecule has 1 saturated heterocycles. The monoisotopic (exact) mass is 290 g/mol.